The quantitative estimate of drug-likeness (QED) is 0.476. The standard InChI is InChI=1S/C23H21ClN4O2/c1-16(19-6-4-5-13-25-19)26-23(29)14-28-21-8-3-2-7-20(21)27-22(28)15-30-18-11-9-17(24)10-12-18/h2-13,16H,14-15H2,1H3,(H,26,29). The van der Waals surface area contributed by atoms with E-state index in [1.54, 1.807) is 30.5 Å². The molecule has 30 heavy (non-hydrogen) atoms. The number of fused-ring (bicyclic) bond motifs is 1. The zero-order valence-electron chi connectivity index (χ0n) is 16.5. The lowest BCUT2D eigenvalue weighted by Gasteiger charge is -2.15. The highest BCUT2D eigenvalue weighted by molar-refractivity contribution is 6.30. The molecule has 1 unspecified atom stereocenters. The van der Waals surface area contributed by atoms with Crippen molar-refractivity contribution in [2.45, 2.75) is 26.1 Å². The summed E-state index contributed by atoms with van der Waals surface area (Å²) in [4.78, 5) is 21.7. The number of nitrogens with one attached hydrogen (secondary N) is 1. The van der Waals surface area contributed by atoms with Crippen LogP contribution in [0.25, 0.3) is 11.0 Å². The summed E-state index contributed by atoms with van der Waals surface area (Å²) in [6.07, 6.45) is 1.72. The van der Waals surface area contributed by atoms with Gasteiger partial charge in [0.15, 0.2) is 0 Å². The van der Waals surface area contributed by atoms with Crippen molar-refractivity contribution in [1.29, 1.82) is 0 Å². The first-order chi connectivity index (χ1) is 14.6. The van der Waals surface area contributed by atoms with Crippen LogP contribution in [-0.2, 0) is 17.9 Å². The third-order valence-electron chi connectivity index (χ3n) is 4.73. The molecule has 0 aliphatic carbocycles. The molecule has 152 valence electrons. The normalized spacial score (nSPS) is 11.9. The molecule has 6 nitrogen and oxygen atoms in total. The summed E-state index contributed by atoms with van der Waals surface area (Å²) in [6.45, 7) is 2.28. The number of carbonyl (C=O) groups excluding carboxylic acids is 1. The van der Waals surface area contributed by atoms with Crippen LogP contribution in [0.1, 0.15) is 24.5 Å². The topological polar surface area (TPSA) is 69.0 Å². The number of pyridine rings is 1. The van der Waals surface area contributed by atoms with E-state index in [1.165, 1.54) is 0 Å². The van der Waals surface area contributed by atoms with E-state index in [2.05, 4.69) is 15.3 Å². The van der Waals surface area contributed by atoms with E-state index in [1.807, 2.05) is 54.0 Å². The number of carbonyl (C=O) groups is 1. The first-order valence-electron chi connectivity index (χ1n) is 9.63. The predicted molar refractivity (Wildman–Crippen MR) is 116 cm³/mol. The second-order valence-electron chi connectivity index (χ2n) is 6.89. The summed E-state index contributed by atoms with van der Waals surface area (Å²) in [5.41, 5.74) is 2.51. The van der Waals surface area contributed by atoms with Gasteiger partial charge in [0.2, 0.25) is 5.91 Å². The molecule has 7 heteroatoms. The minimum Gasteiger partial charge on any atom is -0.486 e. The molecule has 0 radical (unpaired) electrons. The highest BCUT2D eigenvalue weighted by atomic mass is 35.5. The van der Waals surface area contributed by atoms with Crippen molar-refractivity contribution in [3.63, 3.8) is 0 Å². The highest BCUT2D eigenvalue weighted by Gasteiger charge is 2.16. The van der Waals surface area contributed by atoms with Crippen molar-refractivity contribution in [2.75, 3.05) is 0 Å². The Bertz CT molecular complexity index is 1140. The molecule has 4 rings (SSSR count). The summed E-state index contributed by atoms with van der Waals surface area (Å²) < 4.78 is 7.75. The lowest BCUT2D eigenvalue weighted by Crippen LogP contribution is -2.31. The minimum atomic E-state index is -0.192. The summed E-state index contributed by atoms with van der Waals surface area (Å²) in [5.74, 6) is 1.24. The van der Waals surface area contributed by atoms with Gasteiger partial charge < -0.3 is 14.6 Å². The van der Waals surface area contributed by atoms with Crippen LogP contribution in [0, 0.1) is 0 Å². The fourth-order valence-corrected chi connectivity index (χ4v) is 3.35. The van der Waals surface area contributed by atoms with Gasteiger partial charge in [-0.1, -0.05) is 29.8 Å². The van der Waals surface area contributed by atoms with Crippen LogP contribution in [0.15, 0.2) is 72.9 Å². The van der Waals surface area contributed by atoms with Crippen molar-refractivity contribution in [2.24, 2.45) is 0 Å². The molecule has 0 saturated carbocycles. The molecule has 0 aliphatic heterocycles. The maximum atomic E-state index is 12.8. The van der Waals surface area contributed by atoms with Gasteiger partial charge in [0.1, 0.15) is 24.7 Å². The Morgan fingerprint density at radius 2 is 1.87 bits per heavy atom. The van der Waals surface area contributed by atoms with Crippen molar-refractivity contribution >= 4 is 28.5 Å². The van der Waals surface area contributed by atoms with Crippen LogP contribution in [0.5, 0.6) is 5.75 Å². The molecule has 0 fully saturated rings. The van der Waals surface area contributed by atoms with Gasteiger partial charge in [-0.15, -0.1) is 0 Å². The molecule has 0 spiro atoms. The Balaban J connectivity index is 1.52. The maximum Gasteiger partial charge on any atom is 0.240 e. The van der Waals surface area contributed by atoms with Crippen molar-refractivity contribution in [3.8, 4) is 5.75 Å². The largest absolute Gasteiger partial charge is 0.486 e. The summed E-state index contributed by atoms with van der Waals surface area (Å²) >= 11 is 5.93. The van der Waals surface area contributed by atoms with Crippen LogP contribution < -0.4 is 10.1 Å². The van der Waals surface area contributed by atoms with Gasteiger partial charge in [0, 0.05) is 11.2 Å². The van der Waals surface area contributed by atoms with Crippen molar-refractivity contribution in [3.05, 3.63) is 89.5 Å². The highest BCUT2D eigenvalue weighted by Crippen LogP contribution is 2.20. The molecular weight excluding hydrogens is 400 g/mol. The van der Waals surface area contributed by atoms with E-state index in [-0.39, 0.29) is 25.1 Å². The number of ether oxygens (including phenoxy) is 1. The number of halogens is 1. The van der Waals surface area contributed by atoms with E-state index < -0.39 is 0 Å². The Morgan fingerprint density at radius 1 is 1.10 bits per heavy atom. The van der Waals surface area contributed by atoms with E-state index in [9.17, 15) is 4.79 Å². The third-order valence-corrected chi connectivity index (χ3v) is 4.98. The number of nitrogens with zero attached hydrogens (tertiary/aromatic N) is 3. The second-order valence-corrected chi connectivity index (χ2v) is 7.33. The molecule has 1 atom stereocenters. The molecule has 2 heterocycles. The first kappa shape index (κ1) is 19.9. The van der Waals surface area contributed by atoms with Crippen molar-refractivity contribution in [1.82, 2.24) is 19.9 Å². The number of benzene rings is 2. The Hall–Kier alpha value is -3.38. The van der Waals surface area contributed by atoms with Crippen LogP contribution in [0.2, 0.25) is 5.02 Å². The lowest BCUT2D eigenvalue weighted by molar-refractivity contribution is -0.122. The van der Waals surface area contributed by atoms with Gasteiger partial charge in [-0.05, 0) is 55.5 Å². The fourth-order valence-electron chi connectivity index (χ4n) is 3.23. The van der Waals surface area contributed by atoms with Gasteiger partial charge in [-0.2, -0.15) is 0 Å². The SMILES string of the molecule is CC(NC(=O)Cn1c(COc2ccc(Cl)cc2)nc2ccccc21)c1ccccn1. The van der Waals surface area contributed by atoms with Crippen LogP contribution in [-0.4, -0.2) is 20.4 Å². The molecule has 4 aromatic rings. The zero-order chi connectivity index (χ0) is 20.9. The van der Waals surface area contributed by atoms with Crippen LogP contribution >= 0.6 is 11.6 Å². The smallest absolute Gasteiger partial charge is 0.240 e. The first-order valence-corrected chi connectivity index (χ1v) is 10.0. The van der Waals surface area contributed by atoms with Gasteiger partial charge in [0.05, 0.1) is 22.8 Å². The Kier molecular flexibility index (Phi) is 5.95. The van der Waals surface area contributed by atoms with E-state index in [0.29, 0.717) is 16.6 Å². The lowest BCUT2D eigenvalue weighted by atomic mass is 10.2. The molecular formula is C23H21ClN4O2. The predicted octanol–water partition coefficient (Wildman–Crippen LogP) is 4.54. The minimum absolute atomic E-state index is 0.121. The molecule has 0 saturated heterocycles. The Labute approximate surface area is 179 Å². The van der Waals surface area contributed by atoms with Gasteiger partial charge in [-0.25, -0.2) is 4.98 Å². The van der Waals surface area contributed by atoms with Gasteiger partial charge in [0.25, 0.3) is 0 Å². The Morgan fingerprint density at radius 3 is 2.63 bits per heavy atom. The van der Waals surface area contributed by atoms with Crippen LogP contribution in [0.3, 0.4) is 0 Å². The monoisotopic (exact) mass is 420 g/mol. The summed E-state index contributed by atoms with van der Waals surface area (Å²) in [5, 5.41) is 3.65. The number of hydrogen-bond donors (Lipinski definition) is 1. The summed E-state index contributed by atoms with van der Waals surface area (Å²) in [6, 6.07) is 20.3. The number of hydrogen-bond acceptors (Lipinski definition) is 4. The third kappa shape index (κ3) is 4.60. The number of imidazole rings is 1. The number of aromatic nitrogens is 3. The number of para-hydroxylation sites is 2. The maximum absolute atomic E-state index is 12.8. The number of rotatable bonds is 7. The second kappa shape index (κ2) is 8.97. The van der Waals surface area contributed by atoms with E-state index >= 15 is 0 Å². The average molecular weight is 421 g/mol. The van der Waals surface area contributed by atoms with Crippen molar-refractivity contribution < 1.29 is 9.53 Å². The average Bonchev–Trinajstić information content (AvgIpc) is 3.11. The summed E-state index contributed by atoms with van der Waals surface area (Å²) in [7, 11) is 0. The van der Waals surface area contributed by atoms with Gasteiger partial charge >= 0.3 is 0 Å². The molecule has 1 amide bonds. The van der Waals surface area contributed by atoms with Gasteiger partial charge in [-0.3, -0.25) is 9.78 Å². The molecule has 0 aliphatic rings. The molecule has 1 N–H and O–H groups in total. The fraction of sp³-hybridized carbons (Fsp3) is 0.174. The van der Waals surface area contributed by atoms with Crippen LogP contribution in [0.4, 0.5) is 0 Å². The van der Waals surface area contributed by atoms with E-state index in [0.717, 1.165) is 16.7 Å². The molecule has 2 aromatic carbocycles. The zero-order valence-corrected chi connectivity index (χ0v) is 17.2. The number of amides is 1. The van der Waals surface area contributed by atoms with E-state index in [4.69, 9.17) is 16.3 Å². The molecule has 2 aromatic heterocycles. The molecule has 0 bridgehead atoms.